The number of urea groups is 1. The van der Waals surface area contributed by atoms with E-state index in [0.29, 0.717) is 19.4 Å². The first-order valence-electron chi connectivity index (χ1n) is 10.4. The summed E-state index contributed by atoms with van der Waals surface area (Å²) in [6, 6.07) is -0.711. The van der Waals surface area contributed by atoms with Gasteiger partial charge in [0.2, 0.25) is 11.8 Å². The van der Waals surface area contributed by atoms with Gasteiger partial charge in [-0.25, -0.2) is 4.79 Å². The van der Waals surface area contributed by atoms with Crippen LogP contribution in [0.25, 0.3) is 0 Å². The molecule has 0 aromatic carbocycles. The molecule has 1 fully saturated rings. The lowest BCUT2D eigenvalue weighted by Crippen LogP contribution is -2.44. The van der Waals surface area contributed by atoms with Gasteiger partial charge in [-0.05, 0) is 25.5 Å². The van der Waals surface area contributed by atoms with Crippen LogP contribution < -0.4 is 10.6 Å². The number of unbranched alkanes of at least 4 members (excludes halogenated alkanes) is 6. The van der Waals surface area contributed by atoms with Gasteiger partial charge in [0.1, 0.15) is 0 Å². The minimum atomic E-state index is -0.434. The molecule has 4 amide bonds. The number of hydrogen-bond donors (Lipinski definition) is 2. The molecule has 7 nitrogen and oxygen atoms in total. The molecule has 1 aliphatic rings. The van der Waals surface area contributed by atoms with Crippen molar-refractivity contribution in [3.05, 3.63) is 0 Å². The first-order chi connectivity index (χ1) is 13.4. The number of carbonyl (C=O) groups excluding carboxylic acids is 4. The van der Waals surface area contributed by atoms with E-state index in [9.17, 15) is 19.2 Å². The summed E-state index contributed by atoms with van der Waals surface area (Å²) in [5.41, 5.74) is 0. The SMILES string of the molecule is CCC(=O)[C@H](C)NC(=O)NCCCCCCCCCSC1CC(=O)N(C)C1=O. The molecule has 0 radical (unpaired) electrons. The van der Waals surface area contributed by atoms with Gasteiger partial charge in [-0.2, -0.15) is 0 Å². The van der Waals surface area contributed by atoms with Gasteiger partial charge in [0.05, 0.1) is 11.3 Å². The van der Waals surface area contributed by atoms with E-state index in [-0.39, 0.29) is 28.9 Å². The average molecular weight is 414 g/mol. The Morgan fingerprint density at radius 3 is 2.29 bits per heavy atom. The summed E-state index contributed by atoms with van der Waals surface area (Å²) in [6.07, 6.45) is 8.47. The van der Waals surface area contributed by atoms with E-state index in [2.05, 4.69) is 10.6 Å². The van der Waals surface area contributed by atoms with Gasteiger partial charge in [-0.15, -0.1) is 11.8 Å². The summed E-state index contributed by atoms with van der Waals surface area (Å²) in [6.45, 7) is 4.11. The van der Waals surface area contributed by atoms with Crippen LogP contribution in [0.3, 0.4) is 0 Å². The van der Waals surface area contributed by atoms with Crippen LogP contribution in [-0.4, -0.2) is 59.2 Å². The van der Waals surface area contributed by atoms with Crippen molar-refractivity contribution in [3.8, 4) is 0 Å². The Kier molecular flexibility index (Phi) is 11.9. The minimum absolute atomic E-state index is 0.0317. The summed E-state index contributed by atoms with van der Waals surface area (Å²) in [4.78, 5) is 47.5. The van der Waals surface area contributed by atoms with E-state index in [1.807, 2.05) is 0 Å². The van der Waals surface area contributed by atoms with Crippen LogP contribution in [0.4, 0.5) is 4.79 Å². The number of ketones is 1. The number of imide groups is 1. The molecule has 1 unspecified atom stereocenters. The van der Waals surface area contributed by atoms with Crippen molar-refractivity contribution in [1.29, 1.82) is 0 Å². The summed E-state index contributed by atoms with van der Waals surface area (Å²) in [5.74, 6) is 0.835. The van der Waals surface area contributed by atoms with Gasteiger partial charge < -0.3 is 10.6 Å². The largest absolute Gasteiger partial charge is 0.338 e. The molecule has 0 saturated carbocycles. The number of nitrogens with one attached hydrogen (secondary N) is 2. The molecule has 2 N–H and O–H groups in total. The van der Waals surface area contributed by atoms with Crippen LogP contribution in [0.15, 0.2) is 0 Å². The number of rotatable bonds is 14. The van der Waals surface area contributed by atoms with Crippen LogP contribution in [0.5, 0.6) is 0 Å². The quantitative estimate of drug-likeness (QED) is 0.337. The van der Waals surface area contributed by atoms with Crippen molar-refractivity contribution < 1.29 is 19.2 Å². The molecule has 0 aliphatic carbocycles. The highest BCUT2D eigenvalue weighted by atomic mass is 32.2. The Balaban J connectivity index is 1.89. The van der Waals surface area contributed by atoms with Gasteiger partial charge in [0.25, 0.3) is 0 Å². The topological polar surface area (TPSA) is 95.6 Å². The number of amides is 4. The van der Waals surface area contributed by atoms with Crippen LogP contribution in [-0.2, 0) is 14.4 Å². The van der Waals surface area contributed by atoms with Crippen LogP contribution >= 0.6 is 11.8 Å². The van der Waals surface area contributed by atoms with E-state index in [1.165, 1.54) is 17.7 Å². The zero-order valence-electron chi connectivity index (χ0n) is 17.4. The number of likely N-dealkylation sites (tertiary alicyclic amines) is 1. The van der Waals surface area contributed by atoms with Gasteiger partial charge in [-0.1, -0.05) is 39.0 Å². The van der Waals surface area contributed by atoms with Crippen molar-refractivity contribution in [1.82, 2.24) is 15.5 Å². The molecule has 28 heavy (non-hydrogen) atoms. The molecule has 0 aromatic rings. The fourth-order valence-corrected chi connectivity index (χ4v) is 4.24. The predicted molar refractivity (Wildman–Crippen MR) is 112 cm³/mol. The van der Waals surface area contributed by atoms with Crippen molar-refractivity contribution >= 4 is 35.4 Å². The molecule has 1 saturated heterocycles. The minimum Gasteiger partial charge on any atom is -0.338 e. The summed E-state index contributed by atoms with van der Waals surface area (Å²) < 4.78 is 0. The summed E-state index contributed by atoms with van der Waals surface area (Å²) >= 11 is 1.61. The van der Waals surface area contributed by atoms with Crippen LogP contribution in [0.2, 0.25) is 0 Å². The molecule has 0 bridgehead atoms. The van der Waals surface area contributed by atoms with Crippen molar-refractivity contribution in [2.24, 2.45) is 0 Å². The van der Waals surface area contributed by atoms with Gasteiger partial charge >= 0.3 is 6.03 Å². The lowest BCUT2D eigenvalue weighted by molar-refractivity contribution is -0.136. The Bertz CT molecular complexity index is 542. The van der Waals surface area contributed by atoms with E-state index < -0.39 is 6.04 Å². The number of Topliss-reactive ketones (excluding diaryl/α,β-unsaturated/α-hetero) is 1. The highest BCUT2D eigenvalue weighted by molar-refractivity contribution is 8.00. The monoisotopic (exact) mass is 413 g/mol. The first kappa shape index (κ1) is 24.5. The van der Waals surface area contributed by atoms with Gasteiger partial charge in [0.15, 0.2) is 5.78 Å². The average Bonchev–Trinajstić information content (AvgIpc) is 2.92. The van der Waals surface area contributed by atoms with Crippen LogP contribution in [0, 0.1) is 0 Å². The third kappa shape index (κ3) is 9.08. The Morgan fingerprint density at radius 1 is 1.11 bits per heavy atom. The van der Waals surface area contributed by atoms with E-state index in [1.54, 1.807) is 32.7 Å². The zero-order chi connectivity index (χ0) is 20.9. The first-order valence-corrected chi connectivity index (χ1v) is 11.4. The number of thioether (sulfide) groups is 1. The fourth-order valence-electron chi connectivity index (χ4n) is 3.02. The Morgan fingerprint density at radius 2 is 1.71 bits per heavy atom. The second kappa shape index (κ2) is 13.6. The number of hydrogen-bond acceptors (Lipinski definition) is 5. The predicted octanol–water partition coefficient (Wildman–Crippen LogP) is 2.87. The fraction of sp³-hybridized carbons (Fsp3) is 0.800. The lowest BCUT2D eigenvalue weighted by atomic mass is 10.1. The van der Waals surface area contributed by atoms with Gasteiger partial charge in [0, 0.05) is 26.4 Å². The molecule has 0 spiro atoms. The third-order valence-corrected chi connectivity index (χ3v) is 6.24. The lowest BCUT2D eigenvalue weighted by Gasteiger charge is -2.12. The number of nitrogens with zero attached hydrogens (tertiary/aromatic N) is 1. The molecule has 1 rings (SSSR count). The van der Waals surface area contributed by atoms with Crippen molar-refractivity contribution in [2.75, 3.05) is 19.3 Å². The third-order valence-electron chi connectivity index (χ3n) is 4.94. The maximum Gasteiger partial charge on any atom is 0.315 e. The molecule has 0 aromatic heterocycles. The van der Waals surface area contributed by atoms with Gasteiger partial charge in [-0.3, -0.25) is 19.3 Å². The Hall–Kier alpha value is -1.57. The smallest absolute Gasteiger partial charge is 0.315 e. The molecule has 160 valence electrons. The summed E-state index contributed by atoms with van der Waals surface area (Å²) in [5, 5.41) is 5.26. The highest BCUT2D eigenvalue weighted by Crippen LogP contribution is 2.25. The van der Waals surface area contributed by atoms with E-state index >= 15 is 0 Å². The second-order valence-electron chi connectivity index (χ2n) is 7.27. The zero-order valence-corrected chi connectivity index (χ0v) is 18.2. The van der Waals surface area contributed by atoms with Crippen LogP contribution in [0.1, 0.15) is 71.6 Å². The molecular weight excluding hydrogens is 378 g/mol. The number of carbonyl (C=O) groups is 4. The highest BCUT2D eigenvalue weighted by Gasteiger charge is 2.35. The van der Waals surface area contributed by atoms with Crippen molar-refractivity contribution in [3.63, 3.8) is 0 Å². The Labute approximate surface area is 172 Å². The molecule has 8 heteroatoms. The van der Waals surface area contributed by atoms with E-state index in [0.717, 1.165) is 37.9 Å². The molecule has 1 aliphatic heterocycles. The standard InChI is InChI=1S/C20H35N3O4S/c1-4-16(24)15(2)22-20(27)21-12-10-8-6-5-7-9-11-13-28-17-14-18(25)23(3)19(17)26/h15,17H,4-14H2,1-3H3,(H2,21,22,27)/t15-,17?/m0/s1. The molecule has 2 atom stereocenters. The molecule has 1 heterocycles. The maximum absolute atomic E-state index is 11.8. The molecular formula is C20H35N3O4S. The van der Waals surface area contributed by atoms with Crippen molar-refractivity contribution in [2.45, 2.75) is 82.9 Å². The second-order valence-corrected chi connectivity index (χ2v) is 8.58. The summed E-state index contributed by atoms with van der Waals surface area (Å²) in [7, 11) is 1.56. The normalized spacial score (nSPS) is 17.7. The maximum atomic E-state index is 11.8. The van der Waals surface area contributed by atoms with E-state index in [4.69, 9.17) is 0 Å².